The molecule has 0 aliphatic rings. The van der Waals surface area contributed by atoms with E-state index in [4.69, 9.17) is 5.11 Å². The van der Waals surface area contributed by atoms with E-state index in [0.717, 1.165) is 10.4 Å². The van der Waals surface area contributed by atoms with Crippen LogP contribution in [0.15, 0.2) is 6.07 Å². The van der Waals surface area contributed by atoms with Crippen LogP contribution in [0.5, 0.6) is 0 Å². The topological polar surface area (TPSA) is 37.3 Å². The summed E-state index contributed by atoms with van der Waals surface area (Å²) < 4.78 is 0. The Bertz CT molecular complexity index is 405. The summed E-state index contributed by atoms with van der Waals surface area (Å²) in [4.78, 5) is 11.9. The van der Waals surface area contributed by atoms with Gasteiger partial charge in [0.25, 0.3) is 0 Å². The molecule has 0 radical (unpaired) electrons. The second-order valence-corrected chi connectivity index (χ2v) is 4.40. The average molecular weight is 208 g/mol. The van der Waals surface area contributed by atoms with Crippen LogP contribution in [-0.2, 0) is 0 Å². The molecule has 0 fully saturated rings. The Labute approximate surface area is 87.6 Å². The first-order valence-electron chi connectivity index (χ1n) is 4.36. The molecule has 3 heteroatoms. The van der Waals surface area contributed by atoms with E-state index < -0.39 is 5.97 Å². The predicted octanol–water partition coefficient (Wildman–Crippen LogP) is 2.76. The number of hydrogen-bond donors (Lipinski definition) is 1. The van der Waals surface area contributed by atoms with E-state index in [1.165, 1.54) is 11.3 Å². The van der Waals surface area contributed by atoms with Crippen LogP contribution in [0.4, 0.5) is 0 Å². The molecule has 0 bridgehead atoms. The van der Waals surface area contributed by atoms with Crippen LogP contribution in [0.1, 0.15) is 34.0 Å². The average Bonchev–Trinajstić information content (AvgIpc) is 2.43. The number of aryl methyl sites for hydroxylation is 1. The van der Waals surface area contributed by atoms with E-state index in [1.807, 2.05) is 19.9 Å². The van der Waals surface area contributed by atoms with Gasteiger partial charge in [-0.25, -0.2) is 4.79 Å². The molecule has 0 unspecified atom stereocenters. The van der Waals surface area contributed by atoms with Crippen molar-refractivity contribution < 1.29 is 9.90 Å². The van der Waals surface area contributed by atoms with Gasteiger partial charge in [0, 0.05) is 5.92 Å². The molecule has 0 aromatic carbocycles. The van der Waals surface area contributed by atoms with Crippen molar-refractivity contribution in [3.8, 4) is 11.8 Å². The van der Waals surface area contributed by atoms with Crippen LogP contribution in [0.3, 0.4) is 0 Å². The number of aromatic carboxylic acids is 1. The fourth-order valence-electron chi connectivity index (χ4n) is 0.971. The molecule has 0 saturated heterocycles. The minimum atomic E-state index is -0.870. The summed E-state index contributed by atoms with van der Waals surface area (Å²) in [6.45, 7) is 5.80. The van der Waals surface area contributed by atoms with Crippen LogP contribution < -0.4 is 0 Å². The van der Waals surface area contributed by atoms with E-state index in [2.05, 4.69) is 11.8 Å². The highest BCUT2D eigenvalue weighted by Gasteiger charge is 2.10. The van der Waals surface area contributed by atoms with E-state index in [0.29, 0.717) is 10.8 Å². The van der Waals surface area contributed by atoms with Gasteiger partial charge in [0.2, 0.25) is 0 Å². The maximum Gasteiger partial charge on any atom is 0.346 e. The minimum absolute atomic E-state index is 0.311. The Hall–Kier alpha value is -1.27. The van der Waals surface area contributed by atoms with E-state index in [-0.39, 0.29) is 0 Å². The van der Waals surface area contributed by atoms with Gasteiger partial charge in [0.15, 0.2) is 0 Å². The fourth-order valence-corrected chi connectivity index (χ4v) is 1.84. The lowest BCUT2D eigenvalue weighted by Gasteiger charge is -1.86. The Morgan fingerprint density at radius 2 is 2.21 bits per heavy atom. The van der Waals surface area contributed by atoms with Crippen LogP contribution in [0.2, 0.25) is 0 Å². The number of carboxylic acid groups (broad SMARTS) is 1. The summed E-state index contributed by atoms with van der Waals surface area (Å²) in [5.41, 5.74) is 0.788. The number of rotatable bonds is 1. The molecule has 0 atom stereocenters. The van der Waals surface area contributed by atoms with E-state index in [1.54, 1.807) is 6.92 Å². The van der Waals surface area contributed by atoms with Crippen molar-refractivity contribution in [1.29, 1.82) is 0 Å². The first-order chi connectivity index (χ1) is 6.50. The SMILES string of the molecule is Cc1cc(C#CC(C)C)sc1C(=O)O. The van der Waals surface area contributed by atoms with Gasteiger partial charge in [0.05, 0.1) is 4.88 Å². The van der Waals surface area contributed by atoms with Gasteiger partial charge in [-0.2, -0.15) is 0 Å². The molecule has 0 saturated carbocycles. The molecule has 1 heterocycles. The maximum atomic E-state index is 10.7. The lowest BCUT2D eigenvalue weighted by Crippen LogP contribution is -1.93. The largest absolute Gasteiger partial charge is 0.477 e. The second kappa shape index (κ2) is 4.30. The van der Waals surface area contributed by atoms with Crippen molar-refractivity contribution in [2.75, 3.05) is 0 Å². The fraction of sp³-hybridized carbons (Fsp3) is 0.364. The molecule has 1 rings (SSSR count). The molecule has 1 aromatic heterocycles. The van der Waals surface area contributed by atoms with Crippen LogP contribution in [0.25, 0.3) is 0 Å². The molecule has 1 aromatic rings. The van der Waals surface area contributed by atoms with Crippen molar-refractivity contribution in [1.82, 2.24) is 0 Å². The van der Waals surface area contributed by atoms with Gasteiger partial charge in [0.1, 0.15) is 4.88 Å². The summed E-state index contributed by atoms with van der Waals surface area (Å²) in [6, 6.07) is 1.82. The third-order valence-corrected chi connectivity index (χ3v) is 2.74. The van der Waals surface area contributed by atoms with Gasteiger partial charge in [-0.1, -0.05) is 25.7 Å². The Morgan fingerprint density at radius 3 is 2.64 bits per heavy atom. The van der Waals surface area contributed by atoms with Gasteiger partial charge in [-0.3, -0.25) is 0 Å². The lowest BCUT2D eigenvalue weighted by atomic mass is 10.2. The van der Waals surface area contributed by atoms with E-state index in [9.17, 15) is 4.79 Å². The summed E-state index contributed by atoms with van der Waals surface area (Å²) in [5, 5.41) is 8.82. The summed E-state index contributed by atoms with van der Waals surface area (Å²) in [6.07, 6.45) is 0. The monoisotopic (exact) mass is 208 g/mol. The Morgan fingerprint density at radius 1 is 1.57 bits per heavy atom. The zero-order valence-electron chi connectivity index (χ0n) is 8.42. The number of carbonyl (C=O) groups is 1. The predicted molar refractivity (Wildman–Crippen MR) is 57.7 cm³/mol. The van der Waals surface area contributed by atoms with Crippen molar-refractivity contribution >= 4 is 17.3 Å². The third kappa shape index (κ3) is 2.61. The van der Waals surface area contributed by atoms with Crippen molar-refractivity contribution in [3.05, 3.63) is 21.4 Å². The molecule has 0 amide bonds. The Kier molecular flexibility index (Phi) is 3.32. The molecular formula is C11H12O2S. The molecule has 14 heavy (non-hydrogen) atoms. The van der Waals surface area contributed by atoms with Crippen molar-refractivity contribution in [3.63, 3.8) is 0 Å². The third-order valence-electron chi connectivity index (χ3n) is 1.60. The number of hydrogen-bond acceptors (Lipinski definition) is 2. The highest BCUT2D eigenvalue weighted by atomic mass is 32.1. The first kappa shape index (κ1) is 10.8. The van der Waals surface area contributed by atoms with E-state index >= 15 is 0 Å². The van der Waals surface area contributed by atoms with Gasteiger partial charge in [-0.05, 0) is 18.6 Å². The highest BCUT2D eigenvalue weighted by Crippen LogP contribution is 2.20. The summed E-state index contributed by atoms with van der Waals surface area (Å²) in [5.74, 6) is 5.41. The van der Waals surface area contributed by atoms with Crippen LogP contribution in [-0.4, -0.2) is 11.1 Å². The zero-order chi connectivity index (χ0) is 10.7. The van der Waals surface area contributed by atoms with Gasteiger partial charge < -0.3 is 5.11 Å². The molecule has 74 valence electrons. The molecule has 1 N–H and O–H groups in total. The number of carboxylic acids is 1. The maximum absolute atomic E-state index is 10.7. The first-order valence-corrected chi connectivity index (χ1v) is 5.17. The molecule has 0 aliphatic heterocycles. The highest BCUT2D eigenvalue weighted by molar-refractivity contribution is 7.14. The molecule has 0 spiro atoms. The molecular weight excluding hydrogens is 196 g/mol. The molecule has 0 aliphatic carbocycles. The van der Waals surface area contributed by atoms with Crippen molar-refractivity contribution in [2.24, 2.45) is 5.92 Å². The van der Waals surface area contributed by atoms with Gasteiger partial charge >= 0.3 is 5.97 Å². The smallest absolute Gasteiger partial charge is 0.346 e. The number of thiophene rings is 1. The van der Waals surface area contributed by atoms with Crippen molar-refractivity contribution in [2.45, 2.75) is 20.8 Å². The quantitative estimate of drug-likeness (QED) is 0.720. The van der Waals surface area contributed by atoms with Gasteiger partial charge in [-0.15, -0.1) is 11.3 Å². The standard InChI is InChI=1S/C11H12O2S/c1-7(2)4-5-9-6-8(3)10(14-9)11(12)13/h6-7H,1-3H3,(H,12,13). The molecule has 2 nitrogen and oxygen atoms in total. The second-order valence-electron chi connectivity index (χ2n) is 3.35. The Balaban J connectivity index is 2.99. The van der Waals surface area contributed by atoms with Crippen LogP contribution >= 0.6 is 11.3 Å². The summed E-state index contributed by atoms with van der Waals surface area (Å²) >= 11 is 1.24. The van der Waals surface area contributed by atoms with Crippen LogP contribution in [0, 0.1) is 24.7 Å². The normalized spacial score (nSPS) is 9.71. The zero-order valence-corrected chi connectivity index (χ0v) is 9.23. The minimum Gasteiger partial charge on any atom is -0.477 e. The summed E-state index contributed by atoms with van der Waals surface area (Å²) in [7, 11) is 0. The lowest BCUT2D eigenvalue weighted by molar-refractivity contribution is 0.0701.